The summed E-state index contributed by atoms with van der Waals surface area (Å²) in [6, 6.07) is 0. The molecule has 2 heteroatoms. The predicted octanol–water partition coefficient (Wildman–Crippen LogP) is -1.15. The Labute approximate surface area is 37.9 Å². The molecule has 2 nitrogen and oxygen atoms in total. The van der Waals surface area contributed by atoms with E-state index >= 15 is 0 Å². The summed E-state index contributed by atoms with van der Waals surface area (Å²) in [4.78, 5) is 0. The van der Waals surface area contributed by atoms with Crippen molar-refractivity contribution in [2.75, 3.05) is 13.1 Å². The van der Waals surface area contributed by atoms with Crippen molar-refractivity contribution in [2.24, 2.45) is 0 Å². The van der Waals surface area contributed by atoms with Crippen LogP contribution >= 0.6 is 0 Å². The van der Waals surface area contributed by atoms with Gasteiger partial charge in [0.2, 0.25) is 0 Å². The molecule has 6 heavy (non-hydrogen) atoms. The van der Waals surface area contributed by atoms with Gasteiger partial charge in [-0.3, -0.25) is 5.43 Å². The fraction of sp³-hybridized carbons (Fsp3) is 1.00. The molecule has 0 atom stereocenters. The van der Waals surface area contributed by atoms with Gasteiger partial charge in [-0.25, -0.2) is 0 Å². The van der Waals surface area contributed by atoms with Crippen LogP contribution < -0.4 is 10.9 Å². The van der Waals surface area contributed by atoms with Crippen molar-refractivity contribution < 1.29 is 5.43 Å². The maximum absolute atomic E-state index is 3.16. The molecule has 0 aromatic rings. The third-order valence-corrected chi connectivity index (χ3v) is 1.06. The Kier molecular flexibility index (Phi) is 1.47. The van der Waals surface area contributed by atoms with Crippen LogP contribution in [0.2, 0.25) is 0 Å². The zero-order valence-electron chi connectivity index (χ0n) is 3.91. The molecule has 1 aliphatic rings. The smallest absolute Gasteiger partial charge is 0.0930 e. The van der Waals surface area contributed by atoms with Gasteiger partial charge < -0.3 is 0 Å². The zero-order valence-corrected chi connectivity index (χ0v) is 3.91. The number of nitrogens with two attached hydrogens (primary N) is 1. The van der Waals surface area contributed by atoms with E-state index in [1.165, 1.54) is 25.9 Å². The molecule has 1 fully saturated rings. The van der Waals surface area contributed by atoms with Crippen LogP contribution in [0.3, 0.4) is 0 Å². The summed E-state index contributed by atoms with van der Waals surface area (Å²) in [7, 11) is 0. The van der Waals surface area contributed by atoms with Crippen LogP contribution in [0.5, 0.6) is 0 Å². The van der Waals surface area contributed by atoms with Gasteiger partial charge in [-0.05, 0) is 12.8 Å². The molecule has 1 aliphatic heterocycles. The van der Waals surface area contributed by atoms with E-state index in [1.807, 2.05) is 0 Å². The molecule has 0 saturated carbocycles. The summed E-state index contributed by atoms with van der Waals surface area (Å²) < 4.78 is 0. The van der Waals surface area contributed by atoms with E-state index in [-0.39, 0.29) is 0 Å². The Morgan fingerprint density at radius 1 is 1.33 bits per heavy atom. The van der Waals surface area contributed by atoms with Crippen molar-refractivity contribution in [3.8, 4) is 0 Å². The molecule has 1 rings (SSSR count). The molecule has 0 unspecified atom stereocenters. The Bertz CT molecular complexity index is 21.0. The van der Waals surface area contributed by atoms with E-state index in [1.54, 1.807) is 0 Å². The fourth-order valence-corrected chi connectivity index (χ4v) is 0.678. The topological polar surface area (TPSA) is 28.6 Å². The first-order valence-electron chi connectivity index (χ1n) is 2.55. The van der Waals surface area contributed by atoms with Gasteiger partial charge in [0, 0.05) is 6.54 Å². The quantitative estimate of drug-likeness (QED) is 0.359. The van der Waals surface area contributed by atoms with Crippen LogP contribution in [0, 0.1) is 0 Å². The normalized spacial score (nSPS) is 24.0. The molecule has 36 valence electrons. The van der Waals surface area contributed by atoms with Crippen molar-refractivity contribution >= 4 is 0 Å². The average molecular weight is 87.1 g/mol. The lowest BCUT2D eigenvalue weighted by Gasteiger charge is -2.07. The second kappa shape index (κ2) is 2.16. The van der Waals surface area contributed by atoms with Gasteiger partial charge in [-0.1, -0.05) is 0 Å². The fourth-order valence-electron chi connectivity index (χ4n) is 0.678. The monoisotopic (exact) mass is 87.1 g/mol. The predicted molar refractivity (Wildman–Crippen MR) is 24.0 cm³/mol. The number of hydrogen-bond acceptors (Lipinski definition) is 1. The lowest BCUT2D eigenvalue weighted by atomic mass is 10.3. The molecule has 3 N–H and O–H groups in total. The molecule has 1 heterocycles. The van der Waals surface area contributed by atoms with E-state index in [0.717, 1.165) is 0 Å². The maximum atomic E-state index is 3.16. The van der Waals surface area contributed by atoms with Gasteiger partial charge in [-0.15, -0.1) is 0 Å². The van der Waals surface area contributed by atoms with E-state index in [4.69, 9.17) is 0 Å². The maximum Gasteiger partial charge on any atom is 0.0930 e. The molecule has 0 amide bonds. The molecule has 1 saturated heterocycles. The second-order valence-corrected chi connectivity index (χ2v) is 1.65. The molecule has 0 radical (unpaired) electrons. The molecule has 0 aromatic heterocycles. The SMILES string of the molecule is C1CC[NH2+]NC1. The summed E-state index contributed by atoms with van der Waals surface area (Å²) >= 11 is 0. The zero-order chi connectivity index (χ0) is 4.24. The van der Waals surface area contributed by atoms with Crippen LogP contribution in [-0.2, 0) is 0 Å². The summed E-state index contributed by atoms with van der Waals surface area (Å²) in [6.07, 6.45) is 2.74. The Morgan fingerprint density at radius 2 is 2.33 bits per heavy atom. The van der Waals surface area contributed by atoms with Crippen LogP contribution in [0.1, 0.15) is 12.8 Å². The minimum Gasteiger partial charge on any atom is -0.269 e. The molecule has 0 spiro atoms. The Balaban J connectivity index is 2.00. The summed E-state index contributed by atoms with van der Waals surface area (Å²) in [6.45, 7) is 2.46. The molecule has 0 bridgehead atoms. The lowest BCUT2D eigenvalue weighted by Crippen LogP contribution is -2.94. The number of nitrogens with one attached hydrogen (secondary N) is 1. The first-order valence-corrected chi connectivity index (χ1v) is 2.55. The van der Waals surface area contributed by atoms with Crippen molar-refractivity contribution in [1.29, 1.82) is 0 Å². The largest absolute Gasteiger partial charge is 0.269 e. The van der Waals surface area contributed by atoms with Gasteiger partial charge in [0.25, 0.3) is 0 Å². The number of rotatable bonds is 0. The van der Waals surface area contributed by atoms with Crippen LogP contribution in [-0.4, -0.2) is 13.1 Å². The summed E-state index contributed by atoms with van der Waals surface area (Å²) in [5.74, 6) is 0. The third kappa shape index (κ3) is 0.954. The summed E-state index contributed by atoms with van der Waals surface area (Å²) in [5.41, 5.74) is 5.30. The van der Waals surface area contributed by atoms with Crippen molar-refractivity contribution in [3.63, 3.8) is 0 Å². The Hall–Kier alpha value is -0.0800. The van der Waals surface area contributed by atoms with Crippen molar-refractivity contribution in [3.05, 3.63) is 0 Å². The van der Waals surface area contributed by atoms with E-state index in [0.29, 0.717) is 0 Å². The van der Waals surface area contributed by atoms with Gasteiger partial charge >= 0.3 is 0 Å². The van der Waals surface area contributed by atoms with Crippen molar-refractivity contribution in [2.45, 2.75) is 12.8 Å². The minimum absolute atomic E-state index is 1.19. The molecular formula is C4H11N2+. The highest BCUT2D eigenvalue weighted by molar-refractivity contribution is 4.39. The van der Waals surface area contributed by atoms with Crippen LogP contribution in [0.4, 0.5) is 0 Å². The molecule has 0 aromatic carbocycles. The highest BCUT2D eigenvalue weighted by atomic mass is 15.4. The first-order chi connectivity index (χ1) is 3.00. The van der Waals surface area contributed by atoms with Gasteiger partial charge in [0.1, 0.15) is 0 Å². The van der Waals surface area contributed by atoms with Crippen LogP contribution in [0.15, 0.2) is 0 Å². The highest BCUT2D eigenvalue weighted by Gasteiger charge is 1.96. The van der Waals surface area contributed by atoms with E-state index in [9.17, 15) is 0 Å². The summed E-state index contributed by atoms with van der Waals surface area (Å²) in [5, 5.41) is 0. The highest BCUT2D eigenvalue weighted by Crippen LogP contribution is 1.81. The second-order valence-electron chi connectivity index (χ2n) is 1.65. The van der Waals surface area contributed by atoms with Gasteiger partial charge in [-0.2, -0.15) is 5.43 Å². The number of quaternary nitrogens is 1. The van der Waals surface area contributed by atoms with Gasteiger partial charge in [0.05, 0.1) is 6.54 Å². The van der Waals surface area contributed by atoms with Gasteiger partial charge in [0.15, 0.2) is 0 Å². The van der Waals surface area contributed by atoms with Crippen molar-refractivity contribution in [1.82, 2.24) is 5.43 Å². The Morgan fingerprint density at radius 3 is 2.50 bits per heavy atom. The standard InChI is InChI=1S/C4H10N2/c1-2-4-6-5-3-1/h5-6H,1-4H2/p+1. The van der Waals surface area contributed by atoms with Crippen LogP contribution in [0.25, 0.3) is 0 Å². The average Bonchev–Trinajstić information content (AvgIpc) is 1.72. The third-order valence-electron chi connectivity index (χ3n) is 1.06. The van der Waals surface area contributed by atoms with E-state index < -0.39 is 0 Å². The van der Waals surface area contributed by atoms with E-state index in [2.05, 4.69) is 10.9 Å². The molecular weight excluding hydrogens is 76.1 g/mol. The number of hydrogen-bond donors (Lipinski definition) is 2. The molecule has 0 aliphatic carbocycles. The minimum atomic E-state index is 1.19. The first kappa shape index (κ1) is 4.09. The lowest BCUT2D eigenvalue weighted by molar-refractivity contribution is -0.717.